The number of rotatable bonds is 7. The second-order valence-electron chi connectivity index (χ2n) is 6.04. The van der Waals surface area contributed by atoms with Gasteiger partial charge in [-0.05, 0) is 42.0 Å². The van der Waals surface area contributed by atoms with Gasteiger partial charge in [-0.25, -0.2) is 0 Å². The molecule has 28 heavy (non-hydrogen) atoms. The standard InChI is InChI=1S/C20H18ClN3O4/c1-28-13-8-6-12(7-9-13)16-10-18(24-23-16)20(27)22-17(11-19(25)26)14-4-2-3-5-15(14)21/h2-10,17H,11H2,1H3,(H,22,27)(H,23,24)(H,25,26)/t17-/m1/s1. The van der Waals surface area contributed by atoms with Crippen molar-refractivity contribution in [1.29, 1.82) is 0 Å². The molecule has 3 N–H and O–H groups in total. The molecule has 0 aliphatic carbocycles. The summed E-state index contributed by atoms with van der Waals surface area (Å²) in [7, 11) is 1.58. The lowest BCUT2D eigenvalue weighted by atomic mass is 10.0. The van der Waals surface area contributed by atoms with Crippen molar-refractivity contribution < 1.29 is 19.4 Å². The zero-order chi connectivity index (χ0) is 20.1. The minimum Gasteiger partial charge on any atom is -0.497 e. The third-order valence-corrected chi connectivity index (χ3v) is 4.52. The summed E-state index contributed by atoms with van der Waals surface area (Å²) < 4.78 is 5.12. The zero-order valence-electron chi connectivity index (χ0n) is 15.0. The van der Waals surface area contributed by atoms with Crippen molar-refractivity contribution in [2.75, 3.05) is 7.11 Å². The summed E-state index contributed by atoms with van der Waals surface area (Å²) in [6, 6.07) is 14.9. The van der Waals surface area contributed by atoms with E-state index in [4.69, 9.17) is 16.3 Å². The monoisotopic (exact) mass is 399 g/mol. The minimum atomic E-state index is -1.05. The number of carbonyl (C=O) groups excluding carboxylic acids is 1. The molecule has 0 aliphatic heterocycles. The molecular formula is C20H18ClN3O4. The van der Waals surface area contributed by atoms with Crippen LogP contribution in [0.15, 0.2) is 54.6 Å². The number of hydrogen-bond donors (Lipinski definition) is 3. The minimum absolute atomic E-state index is 0.216. The van der Waals surface area contributed by atoms with Crippen molar-refractivity contribution in [2.45, 2.75) is 12.5 Å². The van der Waals surface area contributed by atoms with E-state index in [1.807, 2.05) is 12.1 Å². The van der Waals surface area contributed by atoms with Gasteiger partial charge in [0.15, 0.2) is 0 Å². The number of aromatic nitrogens is 2. The first-order valence-corrected chi connectivity index (χ1v) is 8.82. The SMILES string of the molecule is COc1ccc(-c2cc(C(=O)N[C@H](CC(=O)O)c3ccccc3Cl)[nH]n2)cc1. The number of carboxylic acids is 1. The number of aliphatic carboxylic acids is 1. The van der Waals surface area contributed by atoms with Gasteiger partial charge in [0.25, 0.3) is 5.91 Å². The largest absolute Gasteiger partial charge is 0.497 e. The number of carboxylic acid groups (broad SMARTS) is 1. The van der Waals surface area contributed by atoms with Crippen LogP contribution in [0.2, 0.25) is 5.02 Å². The lowest BCUT2D eigenvalue weighted by Gasteiger charge is -2.18. The summed E-state index contributed by atoms with van der Waals surface area (Å²) in [5.41, 5.74) is 2.15. The van der Waals surface area contributed by atoms with Crippen LogP contribution in [-0.4, -0.2) is 34.3 Å². The highest BCUT2D eigenvalue weighted by Crippen LogP contribution is 2.26. The number of halogens is 1. The normalized spacial score (nSPS) is 11.6. The average Bonchev–Trinajstić information content (AvgIpc) is 3.18. The highest BCUT2D eigenvalue weighted by Gasteiger charge is 2.22. The molecule has 0 saturated heterocycles. The van der Waals surface area contributed by atoms with Gasteiger partial charge in [-0.1, -0.05) is 29.8 Å². The summed E-state index contributed by atoms with van der Waals surface area (Å²) in [4.78, 5) is 23.9. The second kappa shape index (κ2) is 8.58. The van der Waals surface area contributed by atoms with E-state index in [0.717, 1.165) is 5.56 Å². The first kappa shape index (κ1) is 19.4. The van der Waals surface area contributed by atoms with Crippen molar-refractivity contribution in [3.63, 3.8) is 0 Å². The third-order valence-electron chi connectivity index (χ3n) is 4.17. The van der Waals surface area contributed by atoms with Crippen molar-refractivity contribution in [3.8, 4) is 17.0 Å². The van der Waals surface area contributed by atoms with Crippen molar-refractivity contribution in [1.82, 2.24) is 15.5 Å². The molecule has 1 heterocycles. The van der Waals surface area contributed by atoms with Crippen LogP contribution >= 0.6 is 11.6 Å². The highest BCUT2D eigenvalue weighted by molar-refractivity contribution is 6.31. The predicted octanol–water partition coefficient (Wildman–Crippen LogP) is 3.68. The first-order valence-electron chi connectivity index (χ1n) is 8.45. The molecule has 0 radical (unpaired) electrons. The Balaban J connectivity index is 1.79. The molecule has 0 fully saturated rings. The Morgan fingerprint density at radius 3 is 2.57 bits per heavy atom. The number of benzene rings is 2. The van der Waals surface area contributed by atoms with Crippen molar-refractivity contribution in [2.24, 2.45) is 0 Å². The Labute approximate surface area is 166 Å². The molecule has 0 saturated carbocycles. The number of H-pyrrole nitrogens is 1. The summed E-state index contributed by atoms with van der Waals surface area (Å²) in [6.07, 6.45) is -0.297. The molecule has 1 atom stereocenters. The number of methoxy groups -OCH3 is 1. The Kier molecular flexibility index (Phi) is 5.96. The van der Waals surface area contributed by atoms with Gasteiger partial charge in [0.05, 0.1) is 25.3 Å². The maximum atomic E-state index is 12.6. The van der Waals surface area contributed by atoms with Gasteiger partial charge in [0.2, 0.25) is 0 Å². The van der Waals surface area contributed by atoms with Gasteiger partial charge in [0.1, 0.15) is 11.4 Å². The number of nitrogens with one attached hydrogen (secondary N) is 2. The molecule has 8 heteroatoms. The van der Waals surface area contributed by atoms with Crippen molar-refractivity contribution in [3.05, 3.63) is 70.9 Å². The molecule has 0 bridgehead atoms. The summed E-state index contributed by atoms with van der Waals surface area (Å²) in [5, 5.41) is 19.1. The Bertz CT molecular complexity index is 985. The number of carbonyl (C=O) groups is 2. The van der Waals surface area contributed by atoms with E-state index in [-0.39, 0.29) is 12.1 Å². The smallest absolute Gasteiger partial charge is 0.305 e. The zero-order valence-corrected chi connectivity index (χ0v) is 15.7. The van der Waals surface area contributed by atoms with Crippen LogP contribution in [-0.2, 0) is 4.79 Å². The molecule has 1 aromatic heterocycles. The second-order valence-corrected chi connectivity index (χ2v) is 6.45. The van der Waals surface area contributed by atoms with E-state index >= 15 is 0 Å². The van der Waals surface area contributed by atoms with Crippen LogP contribution in [0.25, 0.3) is 11.3 Å². The summed E-state index contributed by atoms with van der Waals surface area (Å²) in [6.45, 7) is 0. The molecule has 0 spiro atoms. The molecule has 1 amide bonds. The first-order chi connectivity index (χ1) is 13.5. The topological polar surface area (TPSA) is 104 Å². The highest BCUT2D eigenvalue weighted by atomic mass is 35.5. The van der Waals surface area contributed by atoms with E-state index in [0.29, 0.717) is 22.0 Å². The van der Waals surface area contributed by atoms with E-state index in [2.05, 4.69) is 15.5 Å². The van der Waals surface area contributed by atoms with Crippen molar-refractivity contribution >= 4 is 23.5 Å². The number of nitrogens with zero attached hydrogens (tertiary/aromatic N) is 1. The Hall–Kier alpha value is -3.32. The molecule has 3 rings (SSSR count). The molecule has 3 aromatic rings. The number of aromatic amines is 1. The quantitative estimate of drug-likeness (QED) is 0.562. The van der Waals surface area contributed by atoms with Crippen LogP contribution in [0, 0.1) is 0 Å². The average molecular weight is 400 g/mol. The maximum Gasteiger partial charge on any atom is 0.305 e. The van der Waals surface area contributed by atoms with Gasteiger partial charge in [-0.2, -0.15) is 5.10 Å². The van der Waals surface area contributed by atoms with E-state index < -0.39 is 17.9 Å². The number of ether oxygens (including phenoxy) is 1. The summed E-state index contributed by atoms with van der Waals surface area (Å²) in [5.74, 6) is -0.805. The van der Waals surface area contributed by atoms with Crippen LogP contribution in [0.4, 0.5) is 0 Å². The van der Waals surface area contributed by atoms with Gasteiger partial charge in [-0.3, -0.25) is 14.7 Å². The third kappa shape index (κ3) is 4.50. The fourth-order valence-corrected chi connectivity index (χ4v) is 3.02. The van der Waals surface area contributed by atoms with E-state index in [1.165, 1.54) is 0 Å². The number of hydrogen-bond acceptors (Lipinski definition) is 4. The maximum absolute atomic E-state index is 12.6. The fraction of sp³-hybridized carbons (Fsp3) is 0.150. The fourth-order valence-electron chi connectivity index (χ4n) is 2.75. The molecule has 0 unspecified atom stereocenters. The molecular weight excluding hydrogens is 382 g/mol. The molecule has 144 valence electrons. The van der Waals surface area contributed by atoms with Gasteiger partial charge in [0, 0.05) is 10.6 Å². The Morgan fingerprint density at radius 2 is 1.93 bits per heavy atom. The van der Waals surface area contributed by atoms with Crippen LogP contribution in [0.3, 0.4) is 0 Å². The van der Waals surface area contributed by atoms with Gasteiger partial charge >= 0.3 is 5.97 Å². The predicted molar refractivity (Wildman–Crippen MR) is 104 cm³/mol. The molecule has 0 aliphatic rings. The van der Waals surface area contributed by atoms with Crippen LogP contribution in [0.5, 0.6) is 5.75 Å². The van der Waals surface area contributed by atoms with Crippen LogP contribution < -0.4 is 10.1 Å². The molecule has 2 aromatic carbocycles. The molecule has 7 nitrogen and oxygen atoms in total. The van der Waals surface area contributed by atoms with Crippen LogP contribution in [0.1, 0.15) is 28.5 Å². The lowest BCUT2D eigenvalue weighted by Crippen LogP contribution is -2.30. The van der Waals surface area contributed by atoms with Gasteiger partial charge in [-0.15, -0.1) is 0 Å². The van der Waals surface area contributed by atoms with E-state index in [9.17, 15) is 14.7 Å². The summed E-state index contributed by atoms with van der Waals surface area (Å²) >= 11 is 6.17. The lowest BCUT2D eigenvalue weighted by molar-refractivity contribution is -0.137. The number of amides is 1. The Morgan fingerprint density at radius 1 is 1.21 bits per heavy atom. The van der Waals surface area contributed by atoms with Gasteiger partial charge < -0.3 is 15.2 Å². The van der Waals surface area contributed by atoms with E-state index in [1.54, 1.807) is 49.6 Å².